The first-order valence-electron chi connectivity index (χ1n) is 6.11. The summed E-state index contributed by atoms with van der Waals surface area (Å²) in [5.41, 5.74) is 5.95. The van der Waals surface area contributed by atoms with Gasteiger partial charge in [-0.15, -0.1) is 0 Å². The summed E-state index contributed by atoms with van der Waals surface area (Å²) >= 11 is 0. The van der Waals surface area contributed by atoms with Crippen molar-refractivity contribution >= 4 is 0 Å². The zero-order valence-corrected chi connectivity index (χ0v) is 10.9. The molecule has 0 saturated carbocycles. The number of benzene rings is 1. The number of ether oxygens (including phenoxy) is 1. The fourth-order valence-corrected chi connectivity index (χ4v) is 1.50. The minimum absolute atomic E-state index is 0.198. The van der Waals surface area contributed by atoms with Crippen molar-refractivity contribution in [2.75, 3.05) is 0 Å². The number of H-pyrrole nitrogens is 1. The molecule has 2 aromatic rings. The van der Waals surface area contributed by atoms with Gasteiger partial charge in [-0.1, -0.05) is 13.8 Å². The Hall–Kier alpha value is -1.95. The molecule has 0 spiro atoms. The molecule has 0 aliphatic heterocycles. The lowest BCUT2D eigenvalue weighted by Crippen LogP contribution is -2.18. The van der Waals surface area contributed by atoms with Crippen LogP contribution in [0.2, 0.25) is 0 Å². The Morgan fingerprint density at radius 1 is 1.32 bits per heavy atom. The van der Waals surface area contributed by atoms with Crippen molar-refractivity contribution in [3.05, 3.63) is 41.7 Å². The van der Waals surface area contributed by atoms with Crippen molar-refractivity contribution in [3.8, 4) is 5.75 Å². The molecule has 0 aliphatic carbocycles. The van der Waals surface area contributed by atoms with E-state index in [4.69, 9.17) is 10.5 Å². The second-order valence-corrected chi connectivity index (χ2v) is 4.65. The SMILES string of the molecule is CC(C)C(N)c1n[nH]c(COc2ccc(F)cc2)n1. The number of hydrogen-bond acceptors (Lipinski definition) is 4. The van der Waals surface area contributed by atoms with E-state index >= 15 is 0 Å². The summed E-state index contributed by atoms with van der Waals surface area (Å²) in [6.45, 7) is 4.26. The van der Waals surface area contributed by atoms with Gasteiger partial charge in [-0.3, -0.25) is 5.10 Å². The maximum Gasteiger partial charge on any atom is 0.167 e. The Balaban J connectivity index is 1.95. The first kappa shape index (κ1) is 13.5. The third kappa shape index (κ3) is 3.51. The molecule has 19 heavy (non-hydrogen) atoms. The van der Waals surface area contributed by atoms with Crippen LogP contribution in [0.3, 0.4) is 0 Å². The fourth-order valence-electron chi connectivity index (χ4n) is 1.50. The van der Waals surface area contributed by atoms with Gasteiger partial charge in [-0.25, -0.2) is 9.37 Å². The minimum atomic E-state index is -0.294. The zero-order chi connectivity index (χ0) is 13.8. The lowest BCUT2D eigenvalue weighted by atomic mass is 10.1. The molecule has 6 heteroatoms. The van der Waals surface area contributed by atoms with Gasteiger partial charge < -0.3 is 10.5 Å². The quantitative estimate of drug-likeness (QED) is 0.867. The van der Waals surface area contributed by atoms with Gasteiger partial charge in [0.05, 0.1) is 6.04 Å². The monoisotopic (exact) mass is 264 g/mol. The van der Waals surface area contributed by atoms with Crippen LogP contribution >= 0.6 is 0 Å². The Labute approximate surface area is 111 Å². The molecular formula is C13H17FN4O. The molecule has 102 valence electrons. The first-order valence-corrected chi connectivity index (χ1v) is 6.11. The van der Waals surface area contributed by atoms with Crippen LogP contribution in [-0.2, 0) is 6.61 Å². The van der Waals surface area contributed by atoms with E-state index in [0.717, 1.165) is 0 Å². The van der Waals surface area contributed by atoms with E-state index in [2.05, 4.69) is 15.2 Å². The van der Waals surface area contributed by atoms with Gasteiger partial charge in [-0.2, -0.15) is 5.10 Å². The van der Waals surface area contributed by atoms with Gasteiger partial charge in [0, 0.05) is 0 Å². The van der Waals surface area contributed by atoms with Crippen LogP contribution in [-0.4, -0.2) is 15.2 Å². The van der Waals surface area contributed by atoms with Gasteiger partial charge in [0.2, 0.25) is 0 Å². The second-order valence-electron chi connectivity index (χ2n) is 4.65. The molecule has 0 aliphatic rings. The zero-order valence-electron chi connectivity index (χ0n) is 10.9. The molecular weight excluding hydrogens is 247 g/mol. The lowest BCUT2D eigenvalue weighted by molar-refractivity contribution is 0.295. The number of aromatic amines is 1. The average Bonchev–Trinajstić information content (AvgIpc) is 2.86. The van der Waals surface area contributed by atoms with Crippen LogP contribution in [0.25, 0.3) is 0 Å². The molecule has 0 radical (unpaired) electrons. The number of halogens is 1. The minimum Gasteiger partial charge on any atom is -0.486 e. The number of aromatic nitrogens is 3. The first-order chi connectivity index (χ1) is 9.06. The highest BCUT2D eigenvalue weighted by Gasteiger charge is 2.15. The highest BCUT2D eigenvalue weighted by Crippen LogP contribution is 2.16. The van der Waals surface area contributed by atoms with Crippen LogP contribution in [0.4, 0.5) is 4.39 Å². The summed E-state index contributed by atoms with van der Waals surface area (Å²) in [7, 11) is 0. The van der Waals surface area contributed by atoms with Crippen molar-refractivity contribution in [2.24, 2.45) is 11.7 Å². The molecule has 1 unspecified atom stereocenters. The normalized spacial score (nSPS) is 12.7. The van der Waals surface area contributed by atoms with E-state index in [-0.39, 0.29) is 24.4 Å². The van der Waals surface area contributed by atoms with Gasteiger partial charge >= 0.3 is 0 Å². The lowest BCUT2D eigenvalue weighted by Gasteiger charge is -2.10. The van der Waals surface area contributed by atoms with Crippen molar-refractivity contribution in [1.29, 1.82) is 0 Å². The Bertz CT molecular complexity index is 524. The standard InChI is InChI=1S/C13H17FN4O/c1-8(2)12(15)13-16-11(17-18-13)7-19-10-5-3-9(14)4-6-10/h3-6,8,12H,7,15H2,1-2H3,(H,16,17,18). The Morgan fingerprint density at radius 3 is 2.63 bits per heavy atom. The van der Waals surface area contributed by atoms with Gasteiger partial charge in [-0.05, 0) is 30.2 Å². The third-order valence-corrected chi connectivity index (χ3v) is 2.75. The second kappa shape index (κ2) is 5.79. The van der Waals surface area contributed by atoms with Crippen LogP contribution in [0.5, 0.6) is 5.75 Å². The molecule has 0 amide bonds. The van der Waals surface area contributed by atoms with Gasteiger partial charge in [0.15, 0.2) is 11.6 Å². The van der Waals surface area contributed by atoms with Gasteiger partial charge in [0.25, 0.3) is 0 Å². The average molecular weight is 264 g/mol. The molecule has 5 nitrogen and oxygen atoms in total. The van der Waals surface area contributed by atoms with Crippen LogP contribution in [0, 0.1) is 11.7 Å². The van der Waals surface area contributed by atoms with E-state index in [0.29, 0.717) is 17.4 Å². The number of nitrogens with zero attached hydrogens (tertiary/aromatic N) is 2. The third-order valence-electron chi connectivity index (χ3n) is 2.75. The number of nitrogens with one attached hydrogen (secondary N) is 1. The van der Waals surface area contributed by atoms with E-state index < -0.39 is 0 Å². The Morgan fingerprint density at radius 2 is 2.00 bits per heavy atom. The molecule has 3 N–H and O–H groups in total. The molecule has 0 bridgehead atoms. The van der Waals surface area contributed by atoms with Crippen LogP contribution < -0.4 is 10.5 Å². The van der Waals surface area contributed by atoms with Crippen molar-refractivity contribution in [3.63, 3.8) is 0 Å². The number of nitrogens with two attached hydrogens (primary N) is 1. The maximum atomic E-state index is 12.7. The molecule has 1 aromatic heterocycles. The van der Waals surface area contributed by atoms with Crippen molar-refractivity contribution < 1.29 is 9.13 Å². The smallest absolute Gasteiger partial charge is 0.167 e. The highest BCUT2D eigenvalue weighted by atomic mass is 19.1. The Kier molecular flexibility index (Phi) is 4.11. The summed E-state index contributed by atoms with van der Waals surface area (Å²) in [5, 5.41) is 6.85. The molecule has 1 atom stereocenters. The molecule has 0 fully saturated rings. The summed E-state index contributed by atoms with van der Waals surface area (Å²) in [5.74, 6) is 1.72. The molecule has 0 saturated heterocycles. The summed E-state index contributed by atoms with van der Waals surface area (Å²) in [4.78, 5) is 4.27. The van der Waals surface area contributed by atoms with Crippen molar-refractivity contribution in [2.45, 2.75) is 26.5 Å². The number of rotatable bonds is 5. The summed E-state index contributed by atoms with van der Waals surface area (Å²) in [6, 6.07) is 5.61. The fraction of sp³-hybridized carbons (Fsp3) is 0.385. The van der Waals surface area contributed by atoms with E-state index in [1.807, 2.05) is 13.8 Å². The van der Waals surface area contributed by atoms with Gasteiger partial charge in [0.1, 0.15) is 18.2 Å². The largest absolute Gasteiger partial charge is 0.486 e. The molecule has 1 aromatic carbocycles. The number of hydrogen-bond donors (Lipinski definition) is 2. The van der Waals surface area contributed by atoms with E-state index in [1.54, 1.807) is 12.1 Å². The maximum absolute atomic E-state index is 12.7. The molecule has 2 rings (SSSR count). The topological polar surface area (TPSA) is 76.8 Å². The predicted molar refractivity (Wildman–Crippen MR) is 68.9 cm³/mol. The summed E-state index contributed by atoms with van der Waals surface area (Å²) < 4.78 is 18.2. The summed E-state index contributed by atoms with van der Waals surface area (Å²) in [6.07, 6.45) is 0. The van der Waals surface area contributed by atoms with E-state index in [9.17, 15) is 4.39 Å². The molecule has 1 heterocycles. The van der Waals surface area contributed by atoms with Crippen molar-refractivity contribution in [1.82, 2.24) is 15.2 Å². The van der Waals surface area contributed by atoms with Crippen LogP contribution in [0.15, 0.2) is 24.3 Å². The van der Waals surface area contributed by atoms with E-state index in [1.165, 1.54) is 12.1 Å². The predicted octanol–water partition coefficient (Wildman–Crippen LogP) is 2.18. The van der Waals surface area contributed by atoms with Crippen LogP contribution in [0.1, 0.15) is 31.5 Å². The highest BCUT2D eigenvalue weighted by molar-refractivity contribution is 5.22.